The molecule has 5 aromatic carbocycles. The quantitative estimate of drug-likeness (QED) is 0.133. The van der Waals surface area contributed by atoms with Crippen molar-refractivity contribution in [1.82, 2.24) is 4.98 Å². The largest absolute Gasteiger partial charge is 0.284 e. The minimum absolute atomic E-state index is 0.185. The molecule has 0 amide bonds. The van der Waals surface area contributed by atoms with Gasteiger partial charge in [-0.25, -0.2) is 0 Å². The van der Waals surface area contributed by atoms with Crippen LogP contribution in [0, 0.1) is 24.2 Å². The van der Waals surface area contributed by atoms with Gasteiger partial charge in [-0.05, 0) is 122 Å². The molecule has 2 nitrogen and oxygen atoms in total. The van der Waals surface area contributed by atoms with Crippen LogP contribution in [-0.4, -0.2) is 17.2 Å². The van der Waals surface area contributed by atoms with Crippen LogP contribution in [0.1, 0.15) is 48.2 Å². The molecule has 3 aliphatic rings. The molecular weight excluding hydrogens is 629 g/mol. The molecule has 0 fully saturated rings. The highest BCUT2D eigenvalue weighted by molar-refractivity contribution is 6.22. The molecule has 6 aromatic rings. The summed E-state index contributed by atoms with van der Waals surface area (Å²) in [4.78, 5) is 9.76. The number of aromatic nitrogens is 1. The number of aliphatic imine (C=N–C) groups is 1. The number of terminal acetylenes is 1. The van der Waals surface area contributed by atoms with E-state index >= 15 is 0 Å². The van der Waals surface area contributed by atoms with Crippen molar-refractivity contribution < 1.29 is 0 Å². The first-order valence-corrected chi connectivity index (χ1v) is 18.5. The van der Waals surface area contributed by atoms with Crippen molar-refractivity contribution in [3.63, 3.8) is 0 Å². The normalized spacial score (nSPS) is 19.1. The third kappa shape index (κ3) is 5.64. The Labute approximate surface area is 306 Å². The average molecular weight is 669 g/mol. The Hall–Kier alpha value is -6.04. The highest BCUT2D eigenvalue weighted by Crippen LogP contribution is 2.46. The van der Waals surface area contributed by atoms with E-state index in [-0.39, 0.29) is 12.0 Å². The van der Waals surface area contributed by atoms with Gasteiger partial charge >= 0.3 is 0 Å². The number of rotatable bonds is 5. The maximum atomic E-state index is 5.94. The standard InChI is InChI=1S/C50H40N2/c1-4-10-34-26-39(19-17-33(34)5-2)49-43-12-7-8-13-44(43)50(40-20-18-35-25-32(3)15-16-36(35)27-40)46-29-37(21-23-45(46)49)41-22-24-48(51-30-41)42-28-38-11-6-9-14-47(38)52-31-42/h2,4,6-14,17-24,26-32,38,47H,15-16,25H2,1,3H3/b10-4-. The first-order chi connectivity index (χ1) is 25.6. The minimum atomic E-state index is 0.185. The SMILES string of the molecule is C#Cc1ccc(-c2c3ccccc3c(-c3ccc4c(c3)CCC(C)C4)c3cc(-c4ccc(C5=CC6C=CC=CC6N=C5)nc4)ccc23)cc1/C=C\C. The van der Waals surface area contributed by atoms with Crippen LogP contribution in [-0.2, 0) is 12.8 Å². The van der Waals surface area contributed by atoms with Crippen molar-refractivity contribution in [2.24, 2.45) is 16.8 Å². The van der Waals surface area contributed by atoms with E-state index in [0.717, 1.165) is 57.8 Å². The number of allylic oxidation sites excluding steroid dienone is 4. The Bertz CT molecular complexity index is 2590. The molecule has 52 heavy (non-hydrogen) atoms. The number of nitrogens with zero attached hydrogens (tertiary/aromatic N) is 2. The zero-order valence-electron chi connectivity index (χ0n) is 29.7. The Kier molecular flexibility index (Phi) is 8.13. The van der Waals surface area contributed by atoms with Crippen molar-refractivity contribution in [3.05, 3.63) is 162 Å². The van der Waals surface area contributed by atoms with Crippen LogP contribution in [0.5, 0.6) is 0 Å². The predicted octanol–water partition coefficient (Wildman–Crippen LogP) is 12.1. The van der Waals surface area contributed by atoms with E-state index in [1.807, 2.05) is 19.3 Å². The third-order valence-electron chi connectivity index (χ3n) is 11.1. The van der Waals surface area contributed by atoms with Gasteiger partial charge in [-0.3, -0.25) is 9.98 Å². The molecule has 1 aromatic heterocycles. The van der Waals surface area contributed by atoms with E-state index in [2.05, 4.69) is 146 Å². The maximum Gasteiger partial charge on any atom is 0.0780 e. The fourth-order valence-corrected chi connectivity index (χ4v) is 8.46. The van der Waals surface area contributed by atoms with E-state index < -0.39 is 0 Å². The van der Waals surface area contributed by atoms with Crippen LogP contribution in [0.3, 0.4) is 0 Å². The second-order valence-electron chi connectivity index (χ2n) is 14.5. The molecule has 3 unspecified atom stereocenters. The zero-order valence-corrected chi connectivity index (χ0v) is 29.7. The van der Waals surface area contributed by atoms with Crippen molar-refractivity contribution in [1.29, 1.82) is 0 Å². The summed E-state index contributed by atoms with van der Waals surface area (Å²) in [5.74, 6) is 3.89. The molecule has 3 atom stereocenters. The molecule has 1 aliphatic heterocycles. The molecule has 2 aliphatic carbocycles. The molecule has 250 valence electrons. The van der Waals surface area contributed by atoms with Gasteiger partial charge in [-0.2, -0.15) is 0 Å². The maximum absolute atomic E-state index is 5.94. The highest BCUT2D eigenvalue weighted by atomic mass is 14.8. The lowest BCUT2D eigenvalue weighted by Gasteiger charge is -2.23. The van der Waals surface area contributed by atoms with Gasteiger partial charge < -0.3 is 0 Å². The summed E-state index contributed by atoms with van der Waals surface area (Å²) in [5.41, 5.74) is 14.1. The average Bonchev–Trinajstić information content (AvgIpc) is 3.19. The van der Waals surface area contributed by atoms with Gasteiger partial charge in [-0.1, -0.05) is 122 Å². The number of hydrogen-bond acceptors (Lipinski definition) is 2. The number of benzene rings is 5. The van der Waals surface area contributed by atoms with Gasteiger partial charge in [0.15, 0.2) is 0 Å². The van der Waals surface area contributed by atoms with E-state index in [0.29, 0.717) is 0 Å². The van der Waals surface area contributed by atoms with Gasteiger partial charge in [0.1, 0.15) is 0 Å². The monoisotopic (exact) mass is 668 g/mol. The Balaban J connectivity index is 1.24. The second-order valence-corrected chi connectivity index (χ2v) is 14.5. The van der Waals surface area contributed by atoms with E-state index in [1.54, 1.807) is 0 Å². The molecular formula is C50H40N2. The first-order valence-electron chi connectivity index (χ1n) is 18.5. The van der Waals surface area contributed by atoms with Crippen LogP contribution in [0.2, 0.25) is 0 Å². The van der Waals surface area contributed by atoms with Crippen LogP contribution in [0.15, 0.2) is 139 Å². The lowest BCUT2D eigenvalue weighted by atomic mass is 9.81. The number of dihydropyridines is 1. The van der Waals surface area contributed by atoms with Crippen LogP contribution >= 0.6 is 0 Å². The smallest absolute Gasteiger partial charge is 0.0780 e. The van der Waals surface area contributed by atoms with Crippen LogP contribution in [0.25, 0.3) is 66.6 Å². The Morgan fingerprint density at radius 3 is 2.31 bits per heavy atom. The molecule has 0 saturated heterocycles. The number of aryl methyl sites for hydroxylation is 1. The molecule has 2 heterocycles. The van der Waals surface area contributed by atoms with Gasteiger partial charge in [0.05, 0.1) is 11.7 Å². The molecule has 0 saturated carbocycles. The summed E-state index contributed by atoms with van der Waals surface area (Å²) >= 11 is 0. The van der Waals surface area contributed by atoms with E-state index in [9.17, 15) is 0 Å². The summed E-state index contributed by atoms with van der Waals surface area (Å²) < 4.78 is 0. The van der Waals surface area contributed by atoms with Crippen molar-refractivity contribution in [2.45, 2.75) is 39.2 Å². The summed E-state index contributed by atoms with van der Waals surface area (Å²) in [7, 11) is 0. The molecule has 0 radical (unpaired) electrons. The van der Waals surface area contributed by atoms with Gasteiger partial charge in [0, 0.05) is 35.0 Å². The third-order valence-corrected chi connectivity index (χ3v) is 11.1. The molecule has 2 heteroatoms. The summed E-state index contributed by atoms with van der Waals surface area (Å²) in [6.45, 7) is 4.41. The fourth-order valence-electron chi connectivity index (χ4n) is 8.46. The molecule has 0 bridgehead atoms. The number of hydrogen-bond donors (Lipinski definition) is 0. The van der Waals surface area contributed by atoms with Crippen molar-refractivity contribution in [2.75, 3.05) is 0 Å². The van der Waals surface area contributed by atoms with Crippen LogP contribution in [0.4, 0.5) is 0 Å². The van der Waals surface area contributed by atoms with Crippen molar-refractivity contribution >= 4 is 39.4 Å². The Morgan fingerprint density at radius 2 is 1.50 bits per heavy atom. The summed E-state index contributed by atoms with van der Waals surface area (Å²) in [5, 5.41) is 4.95. The van der Waals surface area contributed by atoms with Gasteiger partial charge in [0.2, 0.25) is 0 Å². The molecule has 0 N–H and O–H groups in total. The fraction of sp³-hybridized carbons (Fsp3) is 0.160. The molecule has 9 rings (SSSR count). The van der Waals surface area contributed by atoms with Gasteiger partial charge in [-0.15, -0.1) is 6.42 Å². The Morgan fingerprint density at radius 1 is 0.750 bits per heavy atom. The predicted molar refractivity (Wildman–Crippen MR) is 221 cm³/mol. The summed E-state index contributed by atoms with van der Waals surface area (Å²) in [6, 6.07) is 34.1. The zero-order chi connectivity index (χ0) is 35.2. The van der Waals surface area contributed by atoms with E-state index in [1.165, 1.54) is 55.8 Å². The van der Waals surface area contributed by atoms with Crippen molar-refractivity contribution in [3.8, 4) is 45.7 Å². The number of fused-ring (bicyclic) bond motifs is 4. The van der Waals surface area contributed by atoms with E-state index in [4.69, 9.17) is 16.4 Å². The minimum Gasteiger partial charge on any atom is -0.284 e. The summed E-state index contributed by atoms with van der Waals surface area (Å²) in [6.07, 6.45) is 28.4. The van der Waals surface area contributed by atoms with Crippen LogP contribution < -0.4 is 0 Å². The second kappa shape index (κ2) is 13.3. The molecule has 0 spiro atoms. The number of pyridine rings is 1. The lowest BCUT2D eigenvalue weighted by Crippen LogP contribution is -2.18. The topological polar surface area (TPSA) is 25.2 Å². The first kappa shape index (κ1) is 31.9. The lowest BCUT2D eigenvalue weighted by molar-refractivity contribution is 0.501. The highest BCUT2D eigenvalue weighted by Gasteiger charge is 2.22. The van der Waals surface area contributed by atoms with Gasteiger partial charge in [0.25, 0.3) is 0 Å².